The maximum atomic E-state index is 5.65. The molecule has 3 rings (SSSR count). The van der Waals surface area contributed by atoms with Crippen LogP contribution in [0.4, 0.5) is 0 Å². The molecule has 3 aromatic rings. The quantitative estimate of drug-likeness (QED) is 0.685. The van der Waals surface area contributed by atoms with Gasteiger partial charge in [-0.05, 0) is 30.7 Å². The van der Waals surface area contributed by atoms with Crippen molar-refractivity contribution in [2.75, 3.05) is 12.5 Å². The molecular weight excluding hydrogens is 278 g/mol. The number of benzene rings is 1. The number of nitrogens with zero attached hydrogens (tertiary/aromatic N) is 3. The molecule has 0 saturated heterocycles. The van der Waals surface area contributed by atoms with E-state index in [9.17, 15) is 0 Å². The van der Waals surface area contributed by atoms with E-state index in [4.69, 9.17) is 4.42 Å². The van der Waals surface area contributed by atoms with Gasteiger partial charge in [0.05, 0.1) is 0 Å². The Balaban J connectivity index is 2.26. The Morgan fingerprint density at radius 3 is 2.53 bits per heavy atom. The van der Waals surface area contributed by atoms with Crippen molar-refractivity contribution in [1.29, 1.82) is 0 Å². The third-order valence-electron chi connectivity index (χ3n) is 2.68. The van der Waals surface area contributed by atoms with Gasteiger partial charge in [0, 0.05) is 22.9 Å². The standard InChI is InChI=1S/C13H11N3OS2/c1-18-11-8(12-14-6-3-7-15-12)4-5-9-10(11)16-13(17-9)19-2/h3-7H,1-2H3. The summed E-state index contributed by atoms with van der Waals surface area (Å²) >= 11 is 3.13. The van der Waals surface area contributed by atoms with E-state index < -0.39 is 0 Å². The molecule has 0 saturated carbocycles. The highest BCUT2D eigenvalue weighted by molar-refractivity contribution is 7.99. The maximum absolute atomic E-state index is 5.65. The third kappa shape index (κ3) is 2.21. The average molecular weight is 289 g/mol. The van der Waals surface area contributed by atoms with Crippen molar-refractivity contribution in [2.24, 2.45) is 0 Å². The lowest BCUT2D eigenvalue weighted by atomic mass is 10.2. The zero-order valence-electron chi connectivity index (χ0n) is 10.5. The molecule has 0 atom stereocenters. The van der Waals surface area contributed by atoms with Gasteiger partial charge in [-0.3, -0.25) is 0 Å². The first-order valence-electron chi connectivity index (χ1n) is 5.62. The van der Waals surface area contributed by atoms with Crippen LogP contribution in [0.1, 0.15) is 0 Å². The molecule has 0 unspecified atom stereocenters. The summed E-state index contributed by atoms with van der Waals surface area (Å²) in [7, 11) is 0. The molecule has 0 amide bonds. The molecule has 96 valence electrons. The number of rotatable bonds is 3. The van der Waals surface area contributed by atoms with Crippen molar-refractivity contribution in [3.8, 4) is 11.4 Å². The lowest BCUT2D eigenvalue weighted by molar-refractivity contribution is 0.490. The summed E-state index contributed by atoms with van der Waals surface area (Å²) in [5, 5.41) is 0.677. The summed E-state index contributed by atoms with van der Waals surface area (Å²) in [5.74, 6) is 0.711. The second-order valence-corrected chi connectivity index (χ2v) is 5.32. The molecule has 0 spiro atoms. The van der Waals surface area contributed by atoms with Gasteiger partial charge in [-0.1, -0.05) is 11.8 Å². The molecule has 0 aliphatic carbocycles. The molecule has 4 nitrogen and oxygen atoms in total. The Hall–Kier alpha value is -1.53. The van der Waals surface area contributed by atoms with Crippen molar-refractivity contribution in [2.45, 2.75) is 10.1 Å². The number of oxazole rings is 1. The molecule has 0 bridgehead atoms. The summed E-state index contributed by atoms with van der Waals surface area (Å²) in [4.78, 5) is 14.2. The van der Waals surface area contributed by atoms with Gasteiger partial charge >= 0.3 is 0 Å². The molecule has 0 fully saturated rings. The monoisotopic (exact) mass is 289 g/mol. The van der Waals surface area contributed by atoms with Gasteiger partial charge < -0.3 is 4.42 Å². The highest BCUT2D eigenvalue weighted by atomic mass is 32.2. The van der Waals surface area contributed by atoms with Crippen LogP contribution in [0, 0.1) is 0 Å². The molecular formula is C13H11N3OS2. The molecule has 2 heterocycles. The second kappa shape index (κ2) is 5.22. The van der Waals surface area contributed by atoms with Gasteiger partial charge in [-0.2, -0.15) is 0 Å². The fourth-order valence-electron chi connectivity index (χ4n) is 1.86. The summed E-state index contributed by atoms with van der Waals surface area (Å²) in [6.07, 6.45) is 7.46. The van der Waals surface area contributed by atoms with Crippen LogP contribution < -0.4 is 0 Å². The lowest BCUT2D eigenvalue weighted by Crippen LogP contribution is -1.90. The summed E-state index contributed by atoms with van der Waals surface area (Å²) in [6.45, 7) is 0. The highest BCUT2D eigenvalue weighted by Gasteiger charge is 2.15. The van der Waals surface area contributed by atoms with Crippen LogP contribution in [0.3, 0.4) is 0 Å². The van der Waals surface area contributed by atoms with Crippen molar-refractivity contribution in [3.63, 3.8) is 0 Å². The van der Waals surface area contributed by atoms with Crippen molar-refractivity contribution in [1.82, 2.24) is 15.0 Å². The van der Waals surface area contributed by atoms with Crippen molar-refractivity contribution < 1.29 is 4.42 Å². The fourth-order valence-corrected chi connectivity index (χ4v) is 2.93. The second-order valence-electron chi connectivity index (χ2n) is 3.75. The molecule has 0 N–H and O–H groups in total. The predicted octanol–water partition coefficient (Wildman–Crippen LogP) is 3.73. The number of hydrogen-bond donors (Lipinski definition) is 0. The molecule has 0 aliphatic heterocycles. The van der Waals surface area contributed by atoms with E-state index in [-0.39, 0.29) is 0 Å². The van der Waals surface area contributed by atoms with Crippen molar-refractivity contribution >= 4 is 34.6 Å². The van der Waals surface area contributed by atoms with Crippen molar-refractivity contribution in [3.05, 3.63) is 30.6 Å². The summed E-state index contributed by atoms with van der Waals surface area (Å²) in [6, 6.07) is 5.72. The van der Waals surface area contributed by atoms with Gasteiger partial charge in [0.1, 0.15) is 5.52 Å². The largest absolute Gasteiger partial charge is 0.431 e. The van der Waals surface area contributed by atoms with E-state index in [0.717, 1.165) is 21.6 Å². The number of thioether (sulfide) groups is 2. The Labute approximate surface area is 119 Å². The van der Waals surface area contributed by atoms with Crippen LogP contribution in [-0.4, -0.2) is 27.5 Å². The summed E-state index contributed by atoms with van der Waals surface area (Å²) in [5.41, 5.74) is 2.66. The number of hydrogen-bond acceptors (Lipinski definition) is 6. The molecule has 0 aliphatic rings. The van der Waals surface area contributed by atoms with Gasteiger partial charge in [0.25, 0.3) is 5.22 Å². The minimum Gasteiger partial charge on any atom is -0.431 e. The zero-order valence-corrected chi connectivity index (χ0v) is 12.1. The van der Waals surface area contributed by atoms with Gasteiger partial charge in [0.2, 0.25) is 0 Å². The highest BCUT2D eigenvalue weighted by Crippen LogP contribution is 2.36. The molecule has 6 heteroatoms. The minimum absolute atomic E-state index is 0.677. The van der Waals surface area contributed by atoms with Gasteiger partial charge in [0.15, 0.2) is 11.4 Å². The predicted molar refractivity (Wildman–Crippen MR) is 78.6 cm³/mol. The maximum Gasteiger partial charge on any atom is 0.256 e. The molecule has 0 radical (unpaired) electrons. The summed E-state index contributed by atoms with van der Waals surface area (Å²) < 4.78 is 5.65. The smallest absolute Gasteiger partial charge is 0.256 e. The third-order valence-corrected chi connectivity index (χ3v) is 4.03. The molecule has 19 heavy (non-hydrogen) atoms. The van der Waals surface area contributed by atoms with E-state index >= 15 is 0 Å². The molecule has 1 aromatic carbocycles. The Kier molecular flexibility index (Phi) is 3.44. The van der Waals surface area contributed by atoms with Crippen LogP contribution >= 0.6 is 23.5 Å². The van der Waals surface area contributed by atoms with E-state index in [1.54, 1.807) is 24.2 Å². The first kappa shape index (κ1) is 12.5. The van der Waals surface area contributed by atoms with Crippen LogP contribution in [0.2, 0.25) is 0 Å². The fraction of sp³-hybridized carbons (Fsp3) is 0.154. The van der Waals surface area contributed by atoms with E-state index in [1.807, 2.05) is 30.7 Å². The number of aromatic nitrogens is 3. The number of fused-ring (bicyclic) bond motifs is 1. The Bertz CT molecular complexity index is 712. The van der Waals surface area contributed by atoms with E-state index in [2.05, 4.69) is 15.0 Å². The molecule has 2 aromatic heterocycles. The minimum atomic E-state index is 0.677. The Morgan fingerprint density at radius 1 is 1.05 bits per heavy atom. The van der Waals surface area contributed by atoms with E-state index in [1.165, 1.54) is 11.8 Å². The van der Waals surface area contributed by atoms with E-state index in [0.29, 0.717) is 11.0 Å². The van der Waals surface area contributed by atoms with Gasteiger partial charge in [-0.25, -0.2) is 15.0 Å². The Morgan fingerprint density at radius 2 is 1.84 bits per heavy atom. The van der Waals surface area contributed by atoms with Gasteiger partial charge in [-0.15, -0.1) is 11.8 Å². The van der Waals surface area contributed by atoms with Crippen LogP contribution in [-0.2, 0) is 0 Å². The van der Waals surface area contributed by atoms with Crippen LogP contribution in [0.25, 0.3) is 22.5 Å². The average Bonchev–Trinajstić information content (AvgIpc) is 2.90. The topological polar surface area (TPSA) is 51.8 Å². The zero-order chi connectivity index (χ0) is 13.2. The van der Waals surface area contributed by atoms with Crippen LogP contribution in [0.5, 0.6) is 0 Å². The normalized spacial score (nSPS) is 11.1. The SMILES string of the molecule is CSc1nc2c(SC)c(-c3ncccn3)ccc2o1. The first-order chi connectivity index (χ1) is 9.33. The lowest BCUT2D eigenvalue weighted by Gasteiger charge is -2.05. The van der Waals surface area contributed by atoms with Crippen LogP contribution in [0.15, 0.2) is 45.1 Å². The first-order valence-corrected chi connectivity index (χ1v) is 8.07.